The lowest BCUT2D eigenvalue weighted by molar-refractivity contribution is -0.146. The smallest absolute Gasteiger partial charge is 0.320 e. The molecule has 0 aliphatic heterocycles. The van der Waals surface area contributed by atoms with Gasteiger partial charge in [-0.1, -0.05) is 37.0 Å². The molecule has 1 atom stereocenters. The summed E-state index contributed by atoms with van der Waals surface area (Å²) in [4.78, 5) is 27.3. The lowest BCUT2D eigenvalue weighted by Gasteiger charge is -2.16. The van der Waals surface area contributed by atoms with Crippen LogP contribution in [-0.2, 0) is 27.5 Å². The largest absolute Gasteiger partial charge is 0.480 e. The highest BCUT2D eigenvalue weighted by Crippen LogP contribution is 2.20. The highest BCUT2D eigenvalue weighted by Gasteiger charge is 2.18. The van der Waals surface area contributed by atoms with Gasteiger partial charge in [-0.25, -0.2) is 4.98 Å². The zero-order valence-corrected chi connectivity index (χ0v) is 17.9. The highest BCUT2D eigenvalue weighted by molar-refractivity contribution is 6.34. The average molecular weight is 442 g/mol. The van der Waals surface area contributed by atoms with Crippen LogP contribution in [0, 0.1) is 5.92 Å². The minimum Gasteiger partial charge on any atom is -0.480 e. The minimum absolute atomic E-state index is 0.0709. The third-order valence-electron chi connectivity index (χ3n) is 4.18. The summed E-state index contributed by atoms with van der Waals surface area (Å²) in [6.45, 7) is 4.70. The Hall–Kier alpha value is -2.09. The molecule has 0 saturated carbocycles. The molecule has 2 rings (SSSR count). The summed E-state index contributed by atoms with van der Waals surface area (Å²) >= 11 is 12.1. The molecule has 0 amide bonds. The van der Waals surface area contributed by atoms with Crippen molar-refractivity contribution in [2.24, 2.45) is 5.92 Å². The fourth-order valence-corrected chi connectivity index (χ4v) is 3.40. The summed E-state index contributed by atoms with van der Waals surface area (Å²) < 4.78 is 7.14. The maximum absolute atomic E-state index is 12.0. The van der Waals surface area contributed by atoms with E-state index in [0.717, 1.165) is 11.3 Å². The van der Waals surface area contributed by atoms with Crippen molar-refractivity contribution in [3.63, 3.8) is 0 Å². The van der Waals surface area contributed by atoms with Crippen molar-refractivity contribution in [1.29, 1.82) is 0 Å². The van der Waals surface area contributed by atoms with Crippen LogP contribution in [-0.4, -0.2) is 39.2 Å². The van der Waals surface area contributed by atoms with Crippen molar-refractivity contribution in [3.8, 4) is 0 Å². The first-order chi connectivity index (χ1) is 13.7. The second kappa shape index (κ2) is 11.2. The number of hydrogen-bond donors (Lipinski definition) is 2. The first-order valence-corrected chi connectivity index (χ1v) is 10.1. The number of esters is 1. The molecule has 1 aromatic heterocycles. The summed E-state index contributed by atoms with van der Waals surface area (Å²) in [5, 5.41) is 13.2. The number of aliphatic carboxylic acids is 1. The maximum atomic E-state index is 12.0. The lowest BCUT2D eigenvalue weighted by atomic mass is 10.0. The summed E-state index contributed by atoms with van der Waals surface area (Å²) in [6, 6.07) is 4.61. The Morgan fingerprint density at radius 2 is 1.93 bits per heavy atom. The number of rotatable bonds is 11. The van der Waals surface area contributed by atoms with Crippen LogP contribution in [0.25, 0.3) is 0 Å². The van der Waals surface area contributed by atoms with Crippen molar-refractivity contribution >= 4 is 35.1 Å². The minimum atomic E-state index is -0.919. The van der Waals surface area contributed by atoms with E-state index < -0.39 is 18.0 Å². The number of hydrogen-bond acceptors (Lipinski definition) is 5. The van der Waals surface area contributed by atoms with Crippen LogP contribution in [0.4, 0.5) is 0 Å². The van der Waals surface area contributed by atoms with Crippen molar-refractivity contribution in [2.45, 2.75) is 45.9 Å². The second-order valence-corrected chi connectivity index (χ2v) is 8.05. The highest BCUT2D eigenvalue weighted by atomic mass is 35.5. The first-order valence-electron chi connectivity index (χ1n) is 9.30. The Balaban J connectivity index is 1.82. The molecule has 0 bridgehead atoms. The summed E-state index contributed by atoms with van der Waals surface area (Å²) in [5.41, 5.74) is 1.63. The van der Waals surface area contributed by atoms with E-state index >= 15 is 0 Å². The van der Waals surface area contributed by atoms with Gasteiger partial charge in [-0.3, -0.25) is 9.59 Å². The fourth-order valence-electron chi connectivity index (χ4n) is 2.83. The first kappa shape index (κ1) is 23.2. The third-order valence-corrected chi connectivity index (χ3v) is 4.62. The molecule has 0 aliphatic rings. The molecule has 1 unspecified atom stereocenters. The van der Waals surface area contributed by atoms with Gasteiger partial charge in [0.05, 0.1) is 24.6 Å². The van der Waals surface area contributed by atoms with Crippen molar-refractivity contribution in [1.82, 2.24) is 14.9 Å². The predicted octanol–water partition coefficient (Wildman–Crippen LogP) is 3.76. The van der Waals surface area contributed by atoms with E-state index in [2.05, 4.69) is 10.3 Å². The van der Waals surface area contributed by atoms with Gasteiger partial charge in [0.1, 0.15) is 12.6 Å². The van der Waals surface area contributed by atoms with E-state index in [-0.39, 0.29) is 25.5 Å². The molecule has 1 aromatic carbocycles. The normalized spacial score (nSPS) is 12.2. The standard InChI is InChI=1S/C20H25Cl2N3O4/c1-13(2)5-18(20(27)28)24-4-3-19(26)29-11-17-9-23-12-25(17)10-14-6-15(21)8-16(22)7-14/h6-9,12-13,18,24H,3-5,10-11H2,1-2H3,(H,27,28). The topological polar surface area (TPSA) is 93.5 Å². The van der Waals surface area contributed by atoms with Crippen LogP contribution in [0.1, 0.15) is 37.9 Å². The third kappa shape index (κ3) is 8.04. The van der Waals surface area contributed by atoms with Crippen LogP contribution >= 0.6 is 23.2 Å². The number of nitrogens with one attached hydrogen (secondary N) is 1. The van der Waals surface area contributed by atoms with Gasteiger partial charge < -0.3 is 19.7 Å². The number of benzene rings is 1. The van der Waals surface area contributed by atoms with Crippen molar-refractivity contribution in [3.05, 3.63) is 52.0 Å². The summed E-state index contributed by atoms with van der Waals surface area (Å²) in [5.74, 6) is -1.09. The van der Waals surface area contributed by atoms with Crippen LogP contribution < -0.4 is 5.32 Å². The van der Waals surface area contributed by atoms with Crippen LogP contribution in [0.5, 0.6) is 0 Å². The van der Waals surface area contributed by atoms with E-state index in [1.54, 1.807) is 18.6 Å². The Morgan fingerprint density at radius 3 is 2.55 bits per heavy atom. The fraction of sp³-hybridized carbons (Fsp3) is 0.450. The van der Waals surface area contributed by atoms with Crippen LogP contribution in [0.3, 0.4) is 0 Å². The molecule has 7 nitrogen and oxygen atoms in total. The quantitative estimate of drug-likeness (QED) is 0.515. The Kier molecular flexibility index (Phi) is 8.95. The number of carbonyl (C=O) groups excluding carboxylic acids is 1. The van der Waals surface area contributed by atoms with Gasteiger partial charge in [0.15, 0.2) is 0 Å². The number of carbonyl (C=O) groups is 2. The van der Waals surface area contributed by atoms with Gasteiger partial charge >= 0.3 is 11.9 Å². The van der Waals surface area contributed by atoms with E-state index in [1.165, 1.54) is 0 Å². The van der Waals surface area contributed by atoms with Gasteiger partial charge in [-0.15, -0.1) is 0 Å². The molecular formula is C20H25Cl2N3O4. The van der Waals surface area contributed by atoms with Crippen LogP contribution in [0.15, 0.2) is 30.7 Å². The maximum Gasteiger partial charge on any atom is 0.320 e. The summed E-state index contributed by atoms with van der Waals surface area (Å²) in [6.07, 6.45) is 3.85. The van der Waals surface area contributed by atoms with E-state index in [0.29, 0.717) is 23.0 Å². The number of nitrogens with zero attached hydrogens (tertiary/aromatic N) is 2. The number of carboxylic acids is 1. The van der Waals surface area contributed by atoms with Gasteiger partial charge in [0.2, 0.25) is 0 Å². The monoisotopic (exact) mass is 441 g/mol. The SMILES string of the molecule is CC(C)CC(NCCC(=O)OCc1cncn1Cc1cc(Cl)cc(Cl)c1)C(=O)O. The Labute approximate surface area is 180 Å². The molecule has 29 heavy (non-hydrogen) atoms. The zero-order chi connectivity index (χ0) is 21.4. The molecule has 9 heteroatoms. The van der Waals surface area contributed by atoms with E-state index in [4.69, 9.17) is 27.9 Å². The molecular weight excluding hydrogens is 417 g/mol. The molecule has 0 spiro atoms. The van der Waals surface area contributed by atoms with Gasteiger partial charge in [0.25, 0.3) is 0 Å². The van der Waals surface area contributed by atoms with Crippen molar-refractivity contribution < 1.29 is 19.4 Å². The molecule has 0 radical (unpaired) electrons. The van der Waals surface area contributed by atoms with Gasteiger partial charge in [-0.2, -0.15) is 0 Å². The predicted molar refractivity (Wildman–Crippen MR) is 111 cm³/mol. The Morgan fingerprint density at radius 1 is 1.24 bits per heavy atom. The lowest BCUT2D eigenvalue weighted by Crippen LogP contribution is -2.39. The van der Waals surface area contributed by atoms with Crippen molar-refractivity contribution in [2.75, 3.05) is 6.54 Å². The number of halogens is 2. The number of ether oxygens (including phenoxy) is 1. The Bertz CT molecular complexity index is 819. The van der Waals surface area contributed by atoms with E-state index in [1.807, 2.05) is 30.5 Å². The number of aromatic nitrogens is 2. The second-order valence-electron chi connectivity index (χ2n) is 7.18. The van der Waals surface area contributed by atoms with Gasteiger partial charge in [-0.05, 0) is 36.1 Å². The zero-order valence-electron chi connectivity index (χ0n) is 16.4. The average Bonchev–Trinajstić information content (AvgIpc) is 3.04. The molecule has 2 N–H and O–H groups in total. The number of carboxylic acid groups (broad SMARTS) is 1. The molecule has 0 aliphatic carbocycles. The molecule has 158 valence electrons. The molecule has 2 aromatic rings. The number of imidazole rings is 1. The molecule has 0 fully saturated rings. The van der Waals surface area contributed by atoms with Crippen LogP contribution in [0.2, 0.25) is 10.0 Å². The van der Waals surface area contributed by atoms with E-state index in [9.17, 15) is 14.7 Å². The molecule has 0 saturated heterocycles. The summed E-state index contributed by atoms with van der Waals surface area (Å²) in [7, 11) is 0. The molecule has 1 heterocycles. The van der Waals surface area contributed by atoms with Gasteiger partial charge in [0, 0.05) is 23.1 Å².